The fraction of sp³-hybridized carbons (Fsp3) is 0. The van der Waals surface area contributed by atoms with Gasteiger partial charge in [-0.1, -0.05) is 182 Å². The van der Waals surface area contributed by atoms with Gasteiger partial charge in [0.2, 0.25) is 0 Å². The van der Waals surface area contributed by atoms with E-state index in [0.717, 1.165) is 61.4 Å². The molecule has 6 nitrogen and oxygen atoms in total. The van der Waals surface area contributed by atoms with E-state index >= 15 is 0 Å². The fourth-order valence-electron chi connectivity index (χ4n) is 10.7. The molecular formula is C63H40N6. The zero-order chi connectivity index (χ0) is 45.4. The van der Waals surface area contributed by atoms with E-state index < -0.39 is 0 Å². The first-order chi connectivity index (χ1) is 34.3. The van der Waals surface area contributed by atoms with Gasteiger partial charge in [0, 0.05) is 54.7 Å². The van der Waals surface area contributed by atoms with Crippen LogP contribution >= 0.6 is 0 Å². The summed E-state index contributed by atoms with van der Waals surface area (Å²) < 4.78 is 7.27. The number of hydrogen-bond donors (Lipinski definition) is 0. The number of rotatable bonds is 7. The average Bonchev–Trinajstić information content (AvgIpc) is 4.07. The Hall–Kier alpha value is -9.39. The van der Waals surface area contributed by atoms with Gasteiger partial charge in [-0.25, -0.2) is 15.0 Å². The molecule has 4 aromatic heterocycles. The van der Waals surface area contributed by atoms with E-state index in [1.807, 2.05) is 36.4 Å². The van der Waals surface area contributed by atoms with Crippen molar-refractivity contribution in [2.75, 3.05) is 0 Å². The topological polar surface area (TPSA) is 53.5 Å². The molecule has 0 bridgehead atoms. The van der Waals surface area contributed by atoms with Crippen LogP contribution in [0.4, 0.5) is 0 Å². The van der Waals surface area contributed by atoms with E-state index in [2.05, 4.69) is 220 Å². The molecule has 6 heteroatoms. The lowest BCUT2D eigenvalue weighted by atomic mass is 9.98. The summed E-state index contributed by atoms with van der Waals surface area (Å²) in [6, 6.07) is 86.4. The third-order valence-corrected chi connectivity index (χ3v) is 13.7. The minimum Gasteiger partial charge on any atom is -0.309 e. The second-order valence-electron chi connectivity index (χ2n) is 17.6. The molecule has 0 N–H and O–H groups in total. The van der Waals surface area contributed by atoms with Gasteiger partial charge in [-0.15, -0.1) is 0 Å². The lowest BCUT2D eigenvalue weighted by Gasteiger charge is -2.20. The first-order valence-corrected chi connectivity index (χ1v) is 23.4. The van der Waals surface area contributed by atoms with Gasteiger partial charge >= 0.3 is 0 Å². The molecule has 0 fully saturated rings. The smallest absolute Gasteiger partial charge is 0.166 e. The largest absolute Gasteiger partial charge is 0.309 e. The molecule has 0 unspecified atom stereocenters. The number of fused-ring (bicyclic) bond motifs is 9. The second kappa shape index (κ2) is 15.6. The number of nitrogens with zero attached hydrogens (tertiary/aromatic N) is 6. The molecule has 4 heterocycles. The monoisotopic (exact) mass is 880 g/mol. The Labute approximate surface area is 397 Å². The van der Waals surface area contributed by atoms with Crippen LogP contribution in [0.5, 0.6) is 0 Å². The molecule has 14 rings (SSSR count). The van der Waals surface area contributed by atoms with E-state index in [-0.39, 0.29) is 0 Å². The third-order valence-electron chi connectivity index (χ3n) is 13.7. The predicted octanol–water partition coefficient (Wildman–Crippen LogP) is 15.8. The molecule has 0 aliphatic rings. The van der Waals surface area contributed by atoms with E-state index in [9.17, 15) is 0 Å². The van der Waals surface area contributed by atoms with E-state index in [0.29, 0.717) is 17.5 Å². The maximum atomic E-state index is 5.35. The van der Waals surface area contributed by atoms with Crippen LogP contribution < -0.4 is 0 Å². The van der Waals surface area contributed by atoms with Crippen molar-refractivity contribution in [3.05, 3.63) is 243 Å². The van der Waals surface area contributed by atoms with Crippen LogP contribution in [0.3, 0.4) is 0 Å². The molecule has 10 aromatic carbocycles. The summed E-state index contributed by atoms with van der Waals surface area (Å²) in [6.45, 7) is 0. The van der Waals surface area contributed by atoms with Crippen molar-refractivity contribution in [3.8, 4) is 62.4 Å². The van der Waals surface area contributed by atoms with Crippen LogP contribution in [0.15, 0.2) is 243 Å². The van der Waals surface area contributed by atoms with Crippen molar-refractivity contribution in [1.82, 2.24) is 28.7 Å². The van der Waals surface area contributed by atoms with Crippen molar-refractivity contribution in [3.63, 3.8) is 0 Å². The predicted molar refractivity (Wildman–Crippen MR) is 285 cm³/mol. The molecule has 0 atom stereocenters. The quantitative estimate of drug-likeness (QED) is 0.160. The summed E-state index contributed by atoms with van der Waals surface area (Å²) in [5.41, 5.74) is 14.9. The normalized spacial score (nSPS) is 11.8. The lowest BCUT2D eigenvalue weighted by molar-refractivity contribution is 1.05. The highest BCUT2D eigenvalue weighted by Gasteiger charge is 2.26. The number of hydrogen-bond acceptors (Lipinski definition) is 3. The molecule has 0 radical (unpaired) electrons. The molecule has 0 saturated heterocycles. The van der Waals surface area contributed by atoms with Crippen LogP contribution in [0.1, 0.15) is 0 Å². The maximum absolute atomic E-state index is 5.35. The van der Waals surface area contributed by atoms with Crippen LogP contribution in [0.25, 0.3) is 128 Å². The molecular weight excluding hydrogens is 841 g/mol. The lowest BCUT2D eigenvalue weighted by Crippen LogP contribution is -2.08. The second-order valence-corrected chi connectivity index (χ2v) is 17.6. The highest BCUT2D eigenvalue weighted by molar-refractivity contribution is 6.18. The van der Waals surface area contributed by atoms with Crippen LogP contribution in [-0.4, -0.2) is 28.7 Å². The third kappa shape index (κ3) is 6.09. The SMILES string of the molecule is c1ccc(-c2nc(-c3ccccc3)nc(-c3cccc(-n4c5ccccc5c5c(-c6ccc7c8ccccc8n(-c8ccccc8)c7c6)cccc54)c3-n3c4ccccc4c4ccccc43)n2)cc1. The van der Waals surface area contributed by atoms with Crippen LogP contribution in [0.2, 0.25) is 0 Å². The summed E-state index contributed by atoms with van der Waals surface area (Å²) in [4.78, 5) is 15.8. The van der Waals surface area contributed by atoms with Crippen molar-refractivity contribution in [2.24, 2.45) is 0 Å². The summed E-state index contributed by atoms with van der Waals surface area (Å²) in [7, 11) is 0. The molecule has 69 heavy (non-hydrogen) atoms. The summed E-state index contributed by atoms with van der Waals surface area (Å²) in [6.07, 6.45) is 0. The number of aromatic nitrogens is 6. The Morgan fingerprint density at radius 3 is 1.32 bits per heavy atom. The van der Waals surface area contributed by atoms with Crippen molar-refractivity contribution >= 4 is 65.4 Å². The van der Waals surface area contributed by atoms with Crippen molar-refractivity contribution in [2.45, 2.75) is 0 Å². The zero-order valence-corrected chi connectivity index (χ0v) is 37.3. The van der Waals surface area contributed by atoms with Crippen LogP contribution in [-0.2, 0) is 0 Å². The Morgan fingerprint density at radius 2 is 0.710 bits per heavy atom. The Bertz CT molecular complexity index is 4190. The summed E-state index contributed by atoms with van der Waals surface area (Å²) in [5, 5.41) is 7.17. The van der Waals surface area contributed by atoms with Gasteiger partial charge < -0.3 is 13.7 Å². The molecule has 0 spiro atoms. The Kier molecular flexibility index (Phi) is 8.79. The number of benzene rings is 10. The molecule has 0 aliphatic carbocycles. The number of para-hydroxylation sites is 6. The Balaban J connectivity index is 1.08. The molecule has 0 saturated carbocycles. The van der Waals surface area contributed by atoms with Crippen LogP contribution in [0, 0.1) is 0 Å². The zero-order valence-electron chi connectivity index (χ0n) is 37.3. The van der Waals surface area contributed by atoms with Crippen molar-refractivity contribution in [1.29, 1.82) is 0 Å². The minimum absolute atomic E-state index is 0.588. The van der Waals surface area contributed by atoms with Gasteiger partial charge in [-0.2, -0.15) is 0 Å². The summed E-state index contributed by atoms with van der Waals surface area (Å²) >= 11 is 0. The van der Waals surface area contributed by atoms with E-state index in [4.69, 9.17) is 15.0 Å². The van der Waals surface area contributed by atoms with Crippen molar-refractivity contribution < 1.29 is 0 Å². The first kappa shape index (κ1) is 38.8. The maximum Gasteiger partial charge on any atom is 0.166 e. The highest BCUT2D eigenvalue weighted by Crippen LogP contribution is 2.45. The first-order valence-electron chi connectivity index (χ1n) is 23.4. The van der Waals surface area contributed by atoms with Gasteiger partial charge in [0.05, 0.1) is 44.5 Å². The van der Waals surface area contributed by atoms with Gasteiger partial charge in [0.15, 0.2) is 17.5 Å². The van der Waals surface area contributed by atoms with Gasteiger partial charge in [0.25, 0.3) is 0 Å². The Morgan fingerprint density at radius 1 is 0.261 bits per heavy atom. The van der Waals surface area contributed by atoms with Gasteiger partial charge in [-0.05, 0) is 71.8 Å². The van der Waals surface area contributed by atoms with E-state index in [1.165, 1.54) is 48.9 Å². The van der Waals surface area contributed by atoms with E-state index in [1.54, 1.807) is 0 Å². The molecule has 0 amide bonds. The highest BCUT2D eigenvalue weighted by atomic mass is 15.1. The fourth-order valence-corrected chi connectivity index (χ4v) is 10.7. The van der Waals surface area contributed by atoms with Gasteiger partial charge in [0.1, 0.15) is 0 Å². The standard InChI is InChI=1S/C63H40N6/c1-4-20-41(21-5-1)61-64-62(42-22-6-2-7-23-42)66-63(65-61)51-31-19-37-57(60(51)69-53-33-15-11-26-46(53)47-27-12-16-34-54(47)69)68-55-35-17-13-29-50(55)59-45(30-18-36-56(59)68)43-38-39-49-48-28-10-14-32-52(48)67(58(49)40-43)44-24-8-3-9-25-44/h1-40H. The molecule has 14 aromatic rings. The minimum atomic E-state index is 0.588. The molecule has 0 aliphatic heterocycles. The average molecular weight is 881 g/mol. The summed E-state index contributed by atoms with van der Waals surface area (Å²) in [5.74, 6) is 1.82. The molecule has 322 valence electrons. The van der Waals surface area contributed by atoms with Gasteiger partial charge in [-0.3, -0.25) is 0 Å².